The van der Waals surface area contributed by atoms with Crippen molar-refractivity contribution in [2.75, 3.05) is 23.4 Å². The zero-order chi connectivity index (χ0) is 18.4. The van der Waals surface area contributed by atoms with E-state index in [4.69, 9.17) is 4.98 Å². The molecule has 0 radical (unpaired) electrons. The van der Waals surface area contributed by atoms with Crippen molar-refractivity contribution in [3.8, 4) is 11.9 Å². The van der Waals surface area contributed by atoms with Gasteiger partial charge in [-0.2, -0.15) is 10.1 Å². The SMILES string of the molecule is CN1C(=O)CN(C2CCCC2)c2nc(-n3ccnc3-n3cccn3)ncc21. The number of rotatable bonds is 3. The normalized spacial score (nSPS) is 17.6. The van der Waals surface area contributed by atoms with Gasteiger partial charge < -0.3 is 9.80 Å². The van der Waals surface area contributed by atoms with E-state index in [1.807, 2.05) is 18.5 Å². The fourth-order valence-electron chi connectivity index (χ4n) is 3.91. The molecule has 3 aromatic rings. The van der Waals surface area contributed by atoms with Crippen LogP contribution in [0, 0.1) is 0 Å². The van der Waals surface area contributed by atoms with Crippen molar-refractivity contribution in [1.29, 1.82) is 0 Å². The van der Waals surface area contributed by atoms with Gasteiger partial charge in [0, 0.05) is 37.9 Å². The maximum absolute atomic E-state index is 12.4. The molecule has 0 aromatic carbocycles. The van der Waals surface area contributed by atoms with Crippen molar-refractivity contribution in [2.24, 2.45) is 0 Å². The van der Waals surface area contributed by atoms with Crippen LogP contribution in [-0.4, -0.2) is 54.8 Å². The first-order valence-electron chi connectivity index (χ1n) is 9.16. The molecule has 1 aliphatic carbocycles. The molecule has 3 aromatic heterocycles. The van der Waals surface area contributed by atoms with Gasteiger partial charge in [-0.1, -0.05) is 12.8 Å². The molecule has 4 heterocycles. The Kier molecular flexibility index (Phi) is 3.66. The fourth-order valence-corrected chi connectivity index (χ4v) is 3.91. The van der Waals surface area contributed by atoms with Gasteiger partial charge in [-0.25, -0.2) is 14.6 Å². The topological polar surface area (TPSA) is 85.0 Å². The van der Waals surface area contributed by atoms with Crippen LogP contribution in [-0.2, 0) is 4.79 Å². The summed E-state index contributed by atoms with van der Waals surface area (Å²) in [4.78, 5) is 30.0. The molecule has 0 bridgehead atoms. The second-order valence-corrected chi connectivity index (χ2v) is 6.95. The number of anilines is 2. The number of hydrogen-bond acceptors (Lipinski definition) is 6. The lowest BCUT2D eigenvalue weighted by atomic mass is 10.1. The van der Waals surface area contributed by atoms with Crippen molar-refractivity contribution < 1.29 is 4.79 Å². The number of imidazole rings is 1. The number of carbonyl (C=O) groups is 1. The van der Waals surface area contributed by atoms with Crippen molar-refractivity contribution in [3.63, 3.8) is 0 Å². The first-order valence-corrected chi connectivity index (χ1v) is 9.16. The van der Waals surface area contributed by atoms with Gasteiger partial charge in [0.2, 0.25) is 17.8 Å². The monoisotopic (exact) mass is 364 g/mol. The predicted molar refractivity (Wildman–Crippen MR) is 99.3 cm³/mol. The summed E-state index contributed by atoms with van der Waals surface area (Å²) in [5, 5.41) is 4.25. The molecule has 0 atom stereocenters. The molecule has 9 heteroatoms. The molecule has 138 valence electrons. The van der Waals surface area contributed by atoms with Crippen LogP contribution in [0.5, 0.6) is 0 Å². The Bertz CT molecular complexity index is 973. The molecule has 1 amide bonds. The average molecular weight is 364 g/mol. The number of aromatic nitrogens is 6. The van der Waals surface area contributed by atoms with Gasteiger partial charge in [0.25, 0.3) is 0 Å². The molecule has 2 aliphatic rings. The molecule has 0 unspecified atom stereocenters. The first kappa shape index (κ1) is 16.0. The highest BCUT2D eigenvalue weighted by Crippen LogP contribution is 2.36. The Morgan fingerprint density at radius 1 is 1.11 bits per heavy atom. The number of amides is 1. The van der Waals surface area contributed by atoms with Crippen molar-refractivity contribution in [3.05, 3.63) is 37.1 Å². The molecule has 0 spiro atoms. The third kappa shape index (κ3) is 2.57. The Labute approximate surface area is 156 Å². The lowest BCUT2D eigenvalue weighted by Crippen LogP contribution is -2.48. The van der Waals surface area contributed by atoms with Gasteiger partial charge in [0.05, 0.1) is 12.7 Å². The standard InChI is InChI=1S/C18H20N8O/c1-23-14-11-20-17(24-10-8-19-18(24)26-9-4-7-21-26)22-16(14)25(12-15(23)27)13-5-2-3-6-13/h4,7-11,13H,2-3,5-6,12H2,1H3. The van der Waals surface area contributed by atoms with Gasteiger partial charge >= 0.3 is 0 Å². The molecule has 1 aliphatic heterocycles. The Balaban J connectivity index is 1.60. The highest BCUT2D eigenvalue weighted by Gasteiger charge is 2.34. The summed E-state index contributed by atoms with van der Waals surface area (Å²) in [6.45, 7) is 0.362. The molecular formula is C18H20N8O. The Morgan fingerprint density at radius 3 is 2.74 bits per heavy atom. The highest BCUT2D eigenvalue weighted by molar-refractivity contribution is 6.01. The molecule has 0 saturated heterocycles. The average Bonchev–Trinajstić information content (AvgIpc) is 3.45. The summed E-state index contributed by atoms with van der Waals surface area (Å²) < 4.78 is 3.48. The van der Waals surface area contributed by atoms with Crippen LogP contribution in [0.4, 0.5) is 11.5 Å². The number of nitrogens with zero attached hydrogens (tertiary/aromatic N) is 8. The molecule has 9 nitrogen and oxygen atoms in total. The van der Waals surface area contributed by atoms with E-state index in [9.17, 15) is 4.79 Å². The van der Waals surface area contributed by atoms with E-state index < -0.39 is 0 Å². The van der Waals surface area contributed by atoms with Crippen LogP contribution in [0.3, 0.4) is 0 Å². The van der Waals surface area contributed by atoms with E-state index in [0.29, 0.717) is 24.5 Å². The smallest absolute Gasteiger partial charge is 0.246 e. The highest BCUT2D eigenvalue weighted by atomic mass is 16.2. The number of fused-ring (bicyclic) bond motifs is 1. The van der Waals surface area contributed by atoms with E-state index in [1.165, 1.54) is 12.8 Å². The largest absolute Gasteiger partial charge is 0.342 e. The minimum absolute atomic E-state index is 0.0746. The van der Waals surface area contributed by atoms with Crippen LogP contribution < -0.4 is 9.80 Å². The minimum Gasteiger partial charge on any atom is -0.342 e. The van der Waals surface area contributed by atoms with Crippen LogP contribution >= 0.6 is 0 Å². The third-order valence-corrected chi connectivity index (χ3v) is 5.36. The fraction of sp³-hybridized carbons (Fsp3) is 0.389. The van der Waals surface area contributed by atoms with Crippen molar-refractivity contribution in [1.82, 2.24) is 29.3 Å². The lowest BCUT2D eigenvalue weighted by molar-refractivity contribution is -0.117. The van der Waals surface area contributed by atoms with Crippen LogP contribution in [0.1, 0.15) is 25.7 Å². The number of hydrogen-bond donors (Lipinski definition) is 0. The summed E-state index contributed by atoms with van der Waals surface area (Å²) in [6, 6.07) is 2.20. The predicted octanol–water partition coefficient (Wildman–Crippen LogP) is 1.57. The van der Waals surface area contributed by atoms with Crippen LogP contribution in [0.25, 0.3) is 11.9 Å². The van der Waals surface area contributed by atoms with Crippen LogP contribution in [0.15, 0.2) is 37.1 Å². The van der Waals surface area contributed by atoms with Gasteiger partial charge in [-0.3, -0.25) is 9.36 Å². The second kappa shape index (κ2) is 6.19. The van der Waals surface area contributed by atoms with Gasteiger partial charge in [-0.15, -0.1) is 0 Å². The zero-order valence-corrected chi connectivity index (χ0v) is 15.1. The molecule has 0 N–H and O–H groups in total. The Hall–Kier alpha value is -3.23. The molecule has 1 saturated carbocycles. The molecule has 27 heavy (non-hydrogen) atoms. The van der Waals surface area contributed by atoms with E-state index in [-0.39, 0.29) is 5.91 Å². The van der Waals surface area contributed by atoms with Gasteiger partial charge in [-0.05, 0) is 18.9 Å². The van der Waals surface area contributed by atoms with E-state index in [1.54, 1.807) is 39.8 Å². The number of carbonyl (C=O) groups excluding carboxylic acids is 1. The van der Waals surface area contributed by atoms with E-state index in [0.717, 1.165) is 24.3 Å². The van der Waals surface area contributed by atoms with Crippen LogP contribution in [0.2, 0.25) is 0 Å². The van der Waals surface area contributed by atoms with Gasteiger partial charge in [0.1, 0.15) is 5.69 Å². The van der Waals surface area contributed by atoms with E-state index in [2.05, 4.69) is 20.0 Å². The van der Waals surface area contributed by atoms with Gasteiger partial charge in [0.15, 0.2) is 5.82 Å². The summed E-state index contributed by atoms with van der Waals surface area (Å²) >= 11 is 0. The third-order valence-electron chi connectivity index (χ3n) is 5.36. The van der Waals surface area contributed by atoms with Crippen molar-refractivity contribution >= 4 is 17.4 Å². The Morgan fingerprint density at radius 2 is 1.96 bits per heavy atom. The molecule has 1 fully saturated rings. The minimum atomic E-state index is 0.0746. The molecule has 5 rings (SSSR count). The second-order valence-electron chi connectivity index (χ2n) is 6.95. The summed E-state index contributed by atoms with van der Waals surface area (Å²) in [7, 11) is 1.78. The summed E-state index contributed by atoms with van der Waals surface area (Å²) in [5.41, 5.74) is 0.752. The maximum Gasteiger partial charge on any atom is 0.246 e. The quantitative estimate of drug-likeness (QED) is 0.701. The molecular weight excluding hydrogens is 344 g/mol. The van der Waals surface area contributed by atoms with E-state index >= 15 is 0 Å². The zero-order valence-electron chi connectivity index (χ0n) is 15.1. The van der Waals surface area contributed by atoms with Crippen molar-refractivity contribution in [2.45, 2.75) is 31.7 Å². The first-order chi connectivity index (χ1) is 13.2. The lowest BCUT2D eigenvalue weighted by Gasteiger charge is -2.37. The number of likely N-dealkylation sites (N-methyl/N-ethyl adjacent to an activating group) is 1. The maximum atomic E-state index is 12.4. The summed E-state index contributed by atoms with van der Waals surface area (Å²) in [6.07, 6.45) is 13.4. The summed E-state index contributed by atoms with van der Waals surface area (Å²) in [5.74, 6) is 2.02.